The normalized spacial score (nSPS) is 20.0. The Bertz CT molecular complexity index is 212. The summed E-state index contributed by atoms with van der Waals surface area (Å²) in [4.78, 5) is 0. The molecule has 0 aromatic rings. The zero-order valence-corrected chi connectivity index (χ0v) is 13.3. The van der Waals surface area contributed by atoms with E-state index >= 15 is 0 Å². The van der Waals surface area contributed by atoms with Gasteiger partial charge < -0.3 is 18.3 Å². The van der Waals surface area contributed by atoms with E-state index in [-0.39, 0.29) is 0 Å². The second kappa shape index (κ2) is 7.60. The molecule has 0 N–H and O–H groups in total. The van der Waals surface area contributed by atoms with Crippen molar-refractivity contribution in [2.24, 2.45) is 0 Å². The fourth-order valence-electron chi connectivity index (χ4n) is 2.66. The van der Waals surface area contributed by atoms with Gasteiger partial charge in [-0.2, -0.15) is 0 Å². The Hall–Kier alpha value is 0.0569. The van der Waals surface area contributed by atoms with E-state index in [2.05, 4.69) is 13.8 Å². The van der Waals surface area contributed by atoms with Crippen LogP contribution in [0.1, 0.15) is 47.0 Å². The van der Waals surface area contributed by atoms with Gasteiger partial charge in [0.1, 0.15) is 0 Å². The highest BCUT2D eigenvalue weighted by molar-refractivity contribution is 6.70. The average molecular weight is 276 g/mol. The van der Waals surface area contributed by atoms with Gasteiger partial charge in [0, 0.05) is 19.6 Å². The molecule has 0 aliphatic carbocycles. The molecule has 0 aromatic heterocycles. The lowest BCUT2D eigenvalue weighted by Crippen LogP contribution is -2.66. The minimum Gasteiger partial charge on any atom is -0.392 e. The van der Waals surface area contributed by atoms with Crippen LogP contribution in [-0.4, -0.2) is 40.4 Å². The van der Waals surface area contributed by atoms with Crippen LogP contribution in [0.2, 0.25) is 6.04 Å². The molecule has 0 radical (unpaired) electrons. The van der Waals surface area contributed by atoms with Gasteiger partial charge in [0.05, 0.1) is 13.2 Å². The predicted molar refractivity (Wildman–Crippen MR) is 73.6 cm³/mol. The van der Waals surface area contributed by atoms with Gasteiger partial charge in [-0.15, -0.1) is 0 Å². The van der Waals surface area contributed by atoms with Crippen molar-refractivity contribution in [2.75, 3.05) is 26.4 Å². The van der Waals surface area contributed by atoms with Gasteiger partial charge in [-0.25, -0.2) is 0 Å². The number of ether oxygens (including phenoxy) is 2. The van der Waals surface area contributed by atoms with Crippen LogP contribution in [0.15, 0.2) is 0 Å². The van der Waals surface area contributed by atoms with Crippen LogP contribution in [0, 0.1) is 0 Å². The third kappa shape index (κ3) is 3.14. The summed E-state index contributed by atoms with van der Waals surface area (Å²) in [5, 5.41) is 0. The standard InChI is InChI=1S/C13H28O4Si/c1-5-12-18(16-7-3,17-8-4)13(6-2)14-10-9-11-15-13/h5-12H2,1-4H3. The first-order valence-corrected chi connectivity index (χ1v) is 9.28. The monoisotopic (exact) mass is 276 g/mol. The molecule has 1 aliphatic rings. The number of hydrogen-bond acceptors (Lipinski definition) is 4. The first kappa shape index (κ1) is 16.1. The summed E-state index contributed by atoms with van der Waals surface area (Å²) < 4.78 is 24.3. The predicted octanol–water partition coefficient (Wildman–Crippen LogP) is 2.99. The molecular formula is C13H28O4Si. The summed E-state index contributed by atoms with van der Waals surface area (Å²) >= 11 is 0. The minimum absolute atomic E-state index is 0.618. The molecule has 108 valence electrons. The summed E-state index contributed by atoms with van der Waals surface area (Å²) in [6, 6.07) is 0.919. The molecule has 0 bridgehead atoms. The zero-order valence-electron chi connectivity index (χ0n) is 12.3. The summed E-state index contributed by atoms with van der Waals surface area (Å²) in [7, 11) is -2.49. The molecule has 1 heterocycles. The van der Waals surface area contributed by atoms with E-state index in [4.69, 9.17) is 18.3 Å². The van der Waals surface area contributed by atoms with Crippen LogP contribution >= 0.6 is 0 Å². The molecule has 0 spiro atoms. The lowest BCUT2D eigenvalue weighted by molar-refractivity contribution is -0.239. The lowest BCUT2D eigenvalue weighted by atomic mass is 10.4. The third-order valence-electron chi connectivity index (χ3n) is 3.34. The van der Waals surface area contributed by atoms with E-state index in [1.54, 1.807) is 0 Å². The zero-order chi connectivity index (χ0) is 13.5. The first-order valence-electron chi connectivity index (χ1n) is 7.26. The van der Waals surface area contributed by atoms with Crippen molar-refractivity contribution >= 4 is 8.56 Å². The summed E-state index contributed by atoms with van der Waals surface area (Å²) in [5.74, 6) is 0. The van der Waals surface area contributed by atoms with E-state index < -0.39 is 14.0 Å². The van der Waals surface area contributed by atoms with E-state index in [9.17, 15) is 0 Å². The van der Waals surface area contributed by atoms with Crippen LogP contribution in [-0.2, 0) is 18.3 Å². The first-order chi connectivity index (χ1) is 8.70. The highest BCUT2D eigenvalue weighted by Gasteiger charge is 2.59. The Morgan fingerprint density at radius 2 is 1.56 bits per heavy atom. The van der Waals surface area contributed by atoms with Crippen molar-refractivity contribution in [3.8, 4) is 0 Å². The molecule has 4 nitrogen and oxygen atoms in total. The van der Waals surface area contributed by atoms with Crippen LogP contribution in [0.3, 0.4) is 0 Å². The van der Waals surface area contributed by atoms with E-state index in [1.807, 2.05) is 13.8 Å². The largest absolute Gasteiger partial charge is 0.399 e. The van der Waals surface area contributed by atoms with Gasteiger partial charge in [-0.1, -0.05) is 20.3 Å². The topological polar surface area (TPSA) is 36.9 Å². The van der Waals surface area contributed by atoms with Gasteiger partial charge in [-0.05, 0) is 26.3 Å². The van der Waals surface area contributed by atoms with Gasteiger partial charge in [0.15, 0.2) is 0 Å². The van der Waals surface area contributed by atoms with Crippen LogP contribution in [0.25, 0.3) is 0 Å². The van der Waals surface area contributed by atoms with E-state index in [0.29, 0.717) is 13.2 Å². The fraction of sp³-hybridized carbons (Fsp3) is 1.00. The Kier molecular flexibility index (Phi) is 6.80. The van der Waals surface area contributed by atoms with Crippen molar-refractivity contribution in [1.29, 1.82) is 0 Å². The van der Waals surface area contributed by atoms with Gasteiger partial charge >= 0.3 is 8.56 Å². The Morgan fingerprint density at radius 1 is 1.00 bits per heavy atom. The highest BCUT2D eigenvalue weighted by atomic mass is 28.4. The Balaban J connectivity index is 3.01. The highest BCUT2D eigenvalue weighted by Crippen LogP contribution is 2.37. The molecule has 1 fully saturated rings. The summed E-state index contributed by atoms with van der Waals surface area (Å²) in [5.41, 5.74) is -0.618. The SMILES string of the molecule is CCC[Si](OCC)(OCC)C1(CC)OCCCO1. The fourth-order valence-corrected chi connectivity index (χ4v) is 6.63. The van der Waals surface area contributed by atoms with Crippen molar-refractivity contribution < 1.29 is 18.3 Å². The molecule has 0 amide bonds. The third-order valence-corrected chi connectivity index (χ3v) is 7.81. The Labute approximate surface area is 112 Å². The molecule has 18 heavy (non-hydrogen) atoms. The molecule has 0 aromatic carbocycles. The van der Waals surface area contributed by atoms with Gasteiger partial charge in [0.25, 0.3) is 0 Å². The smallest absolute Gasteiger partial charge is 0.392 e. The van der Waals surface area contributed by atoms with Crippen LogP contribution < -0.4 is 0 Å². The molecule has 0 atom stereocenters. The molecule has 5 heteroatoms. The summed E-state index contributed by atoms with van der Waals surface area (Å²) in [6.45, 7) is 11.1. The van der Waals surface area contributed by atoms with Crippen molar-refractivity contribution in [1.82, 2.24) is 0 Å². The Morgan fingerprint density at radius 3 is 1.94 bits per heavy atom. The van der Waals surface area contributed by atoms with E-state index in [1.165, 1.54) is 0 Å². The maximum Gasteiger partial charge on any atom is 0.399 e. The molecular weight excluding hydrogens is 248 g/mol. The van der Waals surface area contributed by atoms with E-state index in [0.717, 1.165) is 38.5 Å². The van der Waals surface area contributed by atoms with Crippen molar-refractivity contribution in [2.45, 2.75) is 58.4 Å². The maximum absolute atomic E-state index is 6.11. The quantitative estimate of drug-likeness (QED) is 0.639. The van der Waals surface area contributed by atoms with Crippen molar-refractivity contribution in [3.63, 3.8) is 0 Å². The van der Waals surface area contributed by atoms with Crippen LogP contribution in [0.4, 0.5) is 0 Å². The lowest BCUT2D eigenvalue weighted by Gasteiger charge is -2.47. The minimum atomic E-state index is -2.49. The molecule has 0 saturated carbocycles. The average Bonchev–Trinajstić information content (AvgIpc) is 2.40. The van der Waals surface area contributed by atoms with Crippen molar-refractivity contribution in [3.05, 3.63) is 0 Å². The second-order valence-corrected chi connectivity index (χ2v) is 7.87. The molecule has 1 rings (SSSR count). The maximum atomic E-state index is 6.11. The second-order valence-electron chi connectivity index (χ2n) is 4.53. The van der Waals surface area contributed by atoms with Gasteiger partial charge in [0.2, 0.25) is 5.41 Å². The van der Waals surface area contributed by atoms with Crippen LogP contribution in [0.5, 0.6) is 0 Å². The molecule has 0 unspecified atom stereocenters. The number of hydrogen-bond donors (Lipinski definition) is 0. The summed E-state index contributed by atoms with van der Waals surface area (Å²) in [6.07, 6.45) is 2.77. The number of rotatable bonds is 8. The molecule has 1 saturated heterocycles. The van der Waals surface area contributed by atoms with Gasteiger partial charge in [-0.3, -0.25) is 0 Å². The molecule has 1 aliphatic heterocycles.